The van der Waals surface area contributed by atoms with Crippen molar-refractivity contribution in [2.45, 2.75) is 24.9 Å². The van der Waals surface area contributed by atoms with Crippen LogP contribution in [0.25, 0.3) is 0 Å². The quantitative estimate of drug-likeness (QED) is 0.878. The van der Waals surface area contributed by atoms with E-state index in [0.29, 0.717) is 13.1 Å². The Kier molecular flexibility index (Phi) is 4.83. The van der Waals surface area contributed by atoms with E-state index in [9.17, 15) is 8.78 Å². The van der Waals surface area contributed by atoms with Crippen LogP contribution in [-0.4, -0.2) is 55.5 Å². The maximum absolute atomic E-state index is 13.4. The number of benzene rings is 1. The molecule has 0 bridgehead atoms. The highest BCUT2D eigenvalue weighted by Crippen LogP contribution is 2.30. The Bertz CT molecular complexity index is 538. The van der Waals surface area contributed by atoms with Gasteiger partial charge < -0.3 is 10.2 Å². The Morgan fingerprint density at radius 1 is 1.36 bits per heavy atom. The van der Waals surface area contributed by atoms with Crippen molar-refractivity contribution in [1.29, 1.82) is 0 Å². The normalized spacial score (nSPS) is 26.5. The number of nitrogens with zero attached hydrogens (tertiary/aromatic N) is 2. The Labute approximate surface area is 138 Å². The van der Waals surface area contributed by atoms with E-state index in [1.54, 1.807) is 0 Å². The second-order valence-electron chi connectivity index (χ2n) is 6.43. The molecule has 0 aliphatic carbocycles. The first-order valence-corrected chi connectivity index (χ1v) is 8.53. The average molecular weight is 374 g/mol. The van der Waals surface area contributed by atoms with Crippen molar-refractivity contribution in [2.24, 2.45) is 0 Å². The summed E-state index contributed by atoms with van der Waals surface area (Å²) in [7, 11) is 2.12. The summed E-state index contributed by atoms with van der Waals surface area (Å²) in [5.74, 6) is -2.53. The van der Waals surface area contributed by atoms with E-state index in [4.69, 9.17) is 0 Å². The van der Waals surface area contributed by atoms with Crippen molar-refractivity contribution in [2.75, 3.05) is 39.8 Å². The second-order valence-corrected chi connectivity index (χ2v) is 7.34. The van der Waals surface area contributed by atoms with Gasteiger partial charge in [-0.2, -0.15) is 0 Å². The van der Waals surface area contributed by atoms with Crippen LogP contribution >= 0.6 is 15.9 Å². The van der Waals surface area contributed by atoms with Gasteiger partial charge >= 0.3 is 0 Å². The molecule has 2 saturated heterocycles. The summed E-state index contributed by atoms with van der Waals surface area (Å²) in [6.45, 7) is 3.88. The van der Waals surface area contributed by atoms with E-state index in [2.05, 4.69) is 45.3 Å². The van der Waals surface area contributed by atoms with Crippen LogP contribution < -0.4 is 5.32 Å². The molecule has 0 radical (unpaired) electrons. The standard InChI is InChI=1S/C16H22BrF2N3/c1-21-7-5-20-15(10-21)14-3-2-13(17)8-12(14)9-22-6-4-16(18,19)11-22/h2-3,8,15,20H,4-7,9-11H2,1H3. The Hall–Kier alpha value is -0.560. The number of piperazine rings is 1. The van der Waals surface area contributed by atoms with E-state index in [1.165, 1.54) is 5.56 Å². The highest BCUT2D eigenvalue weighted by Gasteiger charge is 2.38. The fourth-order valence-corrected chi connectivity index (χ4v) is 3.75. The largest absolute Gasteiger partial charge is 0.308 e. The molecule has 122 valence electrons. The van der Waals surface area contributed by atoms with Gasteiger partial charge in [-0.25, -0.2) is 8.78 Å². The Morgan fingerprint density at radius 3 is 2.86 bits per heavy atom. The fourth-order valence-electron chi connectivity index (χ4n) is 3.34. The molecule has 2 heterocycles. The van der Waals surface area contributed by atoms with Gasteiger partial charge in [0.25, 0.3) is 5.92 Å². The predicted octanol–water partition coefficient (Wildman–Crippen LogP) is 2.87. The van der Waals surface area contributed by atoms with Crippen molar-refractivity contribution in [3.05, 3.63) is 33.8 Å². The van der Waals surface area contributed by atoms with Crippen LogP contribution in [0.3, 0.4) is 0 Å². The van der Waals surface area contributed by atoms with Crippen LogP contribution in [0.4, 0.5) is 8.78 Å². The summed E-state index contributed by atoms with van der Waals surface area (Å²) >= 11 is 3.51. The smallest absolute Gasteiger partial charge is 0.261 e. The molecule has 1 atom stereocenters. The van der Waals surface area contributed by atoms with E-state index >= 15 is 0 Å². The van der Waals surface area contributed by atoms with Crippen molar-refractivity contribution in [3.63, 3.8) is 0 Å². The minimum atomic E-state index is -2.53. The molecule has 2 fully saturated rings. The Balaban J connectivity index is 1.79. The third kappa shape index (κ3) is 3.85. The monoisotopic (exact) mass is 373 g/mol. The highest BCUT2D eigenvalue weighted by molar-refractivity contribution is 9.10. The van der Waals surface area contributed by atoms with Crippen LogP contribution in [0.15, 0.2) is 22.7 Å². The zero-order valence-electron chi connectivity index (χ0n) is 12.8. The van der Waals surface area contributed by atoms with E-state index in [0.717, 1.165) is 29.7 Å². The molecule has 0 aromatic heterocycles. The number of alkyl halides is 2. The maximum Gasteiger partial charge on any atom is 0.261 e. The first-order chi connectivity index (χ1) is 10.4. The minimum Gasteiger partial charge on any atom is -0.308 e. The van der Waals surface area contributed by atoms with Crippen molar-refractivity contribution in [3.8, 4) is 0 Å². The first-order valence-electron chi connectivity index (χ1n) is 7.73. The number of likely N-dealkylation sites (tertiary alicyclic amines) is 1. The molecule has 1 unspecified atom stereocenters. The van der Waals surface area contributed by atoms with Gasteiger partial charge in [-0.15, -0.1) is 0 Å². The van der Waals surface area contributed by atoms with Crippen LogP contribution in [0, 0.1) is 0 Å². The van der Waals surface area contributed by atoms with Crippen LogP contribution in [0.2, 0.25) is 0 Å². The molecule has 2 aliphatic rings. The van der Waals surface area contributed by atoms with Gasteiger partial charge in [-0.1, -0.05) is 22.0 Å². The molecule has 22 heavy (non-hydrogen) atoms. The van der Waals surface area contributed by atoms with E-state index in [1.807, 2.05) is 11.0 Å². The zero-order chi connectivity index (χ0) is 15.7. The maximum atomic E-state index is 13.4. The van der Waals surface area contributed by atoms with Gasteiger partial charge in [-0.3, -0.25) is 4.90 Å². The van der Waals surface area contributed by atoms with E-state index < -0.39 is 5.92 Å². The summed E-state index contributed by atoms with van der Waals surface area (Å²) in [5.41, 5.74) is 2.37. The van der Waals surface area contributed by atoms with Gasteiger partial charge in [-0.05, 0) is 30.3 Å². The molecule has 0 amide bonds. The third-order valence-electron chi connectivity index (χ3n) is 4.50. The molecule has 2 aliphatic heterocycles. The van der Waals surface area contributed by atoms with Crippen LogP contribution in [-0.2, 0) is 6.54 Å². The van der Waals surface area contributed by atoms with Gasteiger partial charge in [0.15, 0.2) is 0 Å². The van der Waals surface area contributed by atoms with Gasteiger partial charge in [0.1, 0.15) is 0 Å². The summed E-state index contributed by atoms with van der Waals surface area (Å²) < 4.78 is 27.8. The molecule has 3 rings (SSSR count). The number of nitrogens with one attached hydrogen (secondary N) is 1. The topological polar surface area (TPSA) is 18.5 Å². The lowest BCUT2D eigenvalue weighted by molar-refractivity contribution is 0.0114. The van der Waals surface area contributed by atoms with Crippen LogP contribution in [0.5, 0.6) is 0 Å². The SMILES string of the molecule is CN1CCNC(c2ccc(Br)cc2CN2CCC(F)(F)C2)C1. The van der Waals surface area contributed by atoms with Crippen molar-refractivity contribution >= 4 is 15.9 Å². The number of hydrogen-bond acceptors (Lipinski definition) is 3. The number of rotatable bonds is 3. The lowest BCUT2D eigenvalue weighted by Crippen LogP contribution is -2.44. The molecule has 0 saturated carbocycles. The molecule has 6 heteroatoms. The minimum absolute atomic E-state index is 0.0270. The molecule has 1 aromatic rings. The average Bonchev–Trinajstić information content (AvgIpc) is 2.78. The van der Waals surface area contributed by atoms with E-state index in [-0.39, 0.29) is 19.0 Å². The van der Waals surface area contributed by atoms with Crippen molar-refractivity contribution in [1.82, 2.24) is 15.1 Å². The Morgan fingerprint density at radius 2 is 2.18 bits per heavy atom. The third-order valence-corrected chi connectivity index (χ3v) is 4.99. The summed E-state index contributed by atoms with van der Waals surface area (Å²) in [4.78, 5) is 4.16. The van der Waals surface area contributed by atoms with Gasteiger partial charge in [0, 0.05) is 49.7 Å². The first kappa shape index (κ1) is 16.3. The van der Waals surface area contributed by atoms with Crippen molar-refractivity contribution < 1.29 is 8.78 Å². The highest BCUT2D eigenvalue weighted by atomic mass is 79.9. The number of likely N-dealkylation sites (N-methyl/N-ethyl adjacent to an activating group) is 1. The molecule has 3 nitrogen and oxygen atoms in total. The second kappa shape index (κ2) is 6.51. The van der Waals surface area contributed by atoms with Gasteiger partial charge in [0.2, 0.25) is 0 Å². The summed E-state index contributed by atoms with van der Waals surface area (Å²) in [6, 6.07) is 6.49. The number of halogens is 3. The lowest BCUT2D eigenvalue weighted by Gasteiger charge is -2.33. The van der Waals surface area contributed by atoms with Gasteiger partial charge in [0.05, 0.1) is 6.54 Å². The van der Waals surface area contributed by atoms with Crippen LogP contribution in [0.1, 0.15) is 23.6 Å². The molecular weight excluding hydrogens is 352 g/mol. The molecule has 1 aromatic carbocycles. The fraction of sp³-hybridized carbons (Fsp3) is 0.625. The predicted molar refractivity (Wildman–Crippen MR) is 87.2 cm³/mol. The molecular formula is C16H22BrF2N3. The summed E-state index contributed by atoms with van der Waals surface area (Å²) in [5, 5.41) is 3.54. The lowest BCUT2D eigenvalue weighted by atomic mass is 9.98. The number of hydrogen-bond donors (Lipinski definition) is 1. The summed E-state index contributed by atoms with van der Waals surface area (Å²) in [6.07, 6.45) is -0.0270. The molecule has 0 spiro atoms. The zero-order valence-corrected chi connectivity index (χ0v) is 14.4. The molecule has 1 N–H and O–H groups in total.